The van der Waals surface area contributed by atoms with E-state index in [1.54, 1.807) is 0 Å². The lowest BCUT2D eigenvalue weighted by molar-refractivity contribution is 0.0862. The third-order valence-electron chi connectivity index (χ3n) is 2.63. The number of phosphoric acid groups is 1. The van der Waals surface area contributed by atoms with Crippen LogP contribution in [0.1, 0.15) is 59.3 Å². The van der Waals surface area contributed by atoms with Crippen LogP contribution in [0.4, 0.5) is 0 Å². The van der Waals surface area contributed by atoms with Crippen LogP contribution >= 0.6 is 42.6 Å². The van der Waals surface area contributed by atoms with Gasteiger partial charge in [0.2, 0.25) is 4.52 Å². The average Bonchev–Trinajstić information content (AvgIpc) is 2.39. The summed E-state index contributed by atoms with van der Waals surface area (Å²) < 4.78 is 26.6. The fourth-order valence-corrected chi connectivity index (χ4v) is 3.72. The first-order valence-electron chi connectivity index (χ1n) is 7.43. The second kappa shape index (κ2) is 11.5. The smallest absolute Gasteiger partial charge is 0.287 e. The predicted molar refractivity (Wildman–Crippen MR) is 89.4 cm³/mol. The van der Waals surface area contributed by atoms with Crippen molar-refractivity contribution >= 4 is 42.6 Å². The molecule has 8 heteroatoms. The molecule has 1 unspecified atom stereocenters. The van der Waals surface area contributed by atoms with Crippen LogP contribution in [0.5, 0.6) is 0 Å². The van der Waals surface area contributed by atoms with Crippen LogP contribution in [-0.2, 0) is 18.1 Å². The van der Waals surface area contributed by atoms with E-state index in [1.807, 2.05) is 20.8 Å². The summed E-state index contributed by atoms with van der Waals surface area (Å²) in [5, 5.41) is -0.705. The molecule has 0 saturated heterocycles. The van der Waals surface area contributed by atoms with Gasteiger partial charge >= 0.3 is 7.82 Å². The zero-order valence-electron chi connectivity index (χ0n) is 12.9. The zero-order chi connectivity index (χ0) is 16.4. The molecule has 0 aromatic carbocycles. The molecule has 0 radical (unpaired) electrons. The van der Waals surface area contributed by atoms with E-state index in [0.29, 0.717) is 6.42 Å². The molecule has 0 aliphatic carbocycles. The molecule has 1 atom stereocenters. The average molecular weight is 384 g/mol. The first kappa shape index (κ1) is 22.0. The summed E-state index contributed by atoms with van der Waals surface area (Å²) in [4.78, 5) is 0. The maximum absolute atomic E-state index is 12.6. The highest BCUT2D eigenvalue weighted by Crippen LogP contribution is 2.56. The Hall–Kier alpha value is 0.980. The van der Waals surface area contributed by atoms with Gasteiger partial charge in [-0.2, -0.15) is 0 Å². The van der Waals surface area contributed by atoms with Gasteiger partial charge < -0.3 is 0 Å². The van der Waals surface area contributed by atoms with E-state index in [4.69, 9.17) is 48.4 Å². The van der Waals surface area contributed by atoms with Gasteiger partial charge in [-0.1, -0.05) is 63.2 Å². The van der Waals surface area contributed by atoms with Crippen molar-refractivity contribution < 1.29 is 18.1 Å². The van der Waals surface area contributed by atoms with Gasteiger partial charge in [-0.15, -0.1) is 11.6 Å². The Morgan fingerprint density at radius 1 is 1.00 bits per heavy atom. The van der Waals surface area contributed by atoms with Crippen LogP contribution in [-0.4, -0.2) is 23.1 Å². The van der Waals surface area contributed by atoms with E-state index < -0.39 is 17.7 Å². The van der Waals surface area contributed by atoms with Crippen LogP contribution in [0, 0.1) is 0 Å². The fraction of sp³-hybridized carbons (Fsp3) is 1.00. The normalized spacial score (nSPS) is 14.4. The Labute approximate surface area is 143 Å². The minimum absolute atomic E-state index is 0.254. The van der Waals surface area contributed by atoms with Crippen molar-refractivity contribution in [2.75, 3.05) is 13.2 Å². The topological polar surface area (TPSA) is 44.8 Å². The molecule has 0 saturated carbocycles. The van der Waals surface area contributed by atoms with Crippen molar-refractivity contribution in [3.05, 3.63) is 0 Å². The molecule has 0 aromatic heterocycles. The summed E-state index contributed by atoms with van der Waals surface area (Å²) in [7, 11) is -3.83. The van der Waals surface area contributed by atoms with Crippen molar-refractivity contribution in [1.29, 1.82) is 0 Å². The summed E-state index contributed by atoms with van der Waals surface area (Å²) in [6.07, 6.45) is 4.57. The molecule has 0 aliphatic heterocycles. The summed E-state index contributed by atoms with van der Waals surface area (Å²) >= 11 is 18.2. The molecule has 0 fully saturated rings. The van der Waals surface area contributed by atoms with Crippen molar-refractivity contribution in [3.63, 3.8) is 0 Å². The minimum Gasteiger partial charge on any atom is -0.287 e. The summed E-state index contributed by atoms with van der Waals surface area (Å²) in [6.45, 7) is 6.44. The van der Waals surface area contributed by atoms with Gasteiger partial charge in [0.25, 0.3) is 0 Å². The maximum Gasteiger partial charge on any atom is 0.477 e. The number of halogens is 3. The Balaban J connectivity index is 4.73. The molecule has 0 bridgehead atoms. The largest absolute Gasteiger partial charge is 0.477 e. The minimum atomic E-state index is -3.83. The molecule has 0 aliphatic rings. The molecule has 0 heterocycles. The highest BCUT2D eigenvalue weighted by molar-refractivity contribution is 7.48. The number of phosphoric ester groups is 1. The summed E-state index contributed by atoms with van der Waals surface area (Å²) in [5.74, 6) is 0. The Morgan fingerprint density at radius 3 is 1.86 bits per heavy atom. The number of unbranched alkanes of at least 4 members (excludes halogenated alkanes) is 2. The first-order chi connectivity index (χ1) is 9.81. The van der Waals surface area contributed by atoms with Crippen LogP contribution < -0.4 is 0 Å². The Kier molecular flexibility index (Phi) is 12.0. The van der Waals surface area contributed by atoms with Crippen LogP contribution in [0.25, 0.3) is 0 Å². The highest BCUT2D eigenvalue weighted by Gasteiger charge is 2.43. The van der Waals surface area contributed by atoms with E-state index in [1.165, 1.54) is 0 Å². The van der Waals surface area contributed by atoms with E-state index in [2.05, 4.69) is 0 Å². The van der Waals surface area contributed by atoms with Gasteiger partial charge in [0.1, 0.15) is 0 Å². The number of hydrogen-bond acceptors (Lipinski definition) is 4. The van der Waals surface area contributed by atoms with Crippen LogP contribution in [0.15, 0.2) is 0 Å². The lowest BCUT2D eigenvalue weighted by Crippen LogP contribution is -2.29. The molecule has 0 N–H and O–H groups in total. The van der Waals surface area contributed by atoms with Gasteiger partial charge in [-0.3, -0.25) is 9.05 Å². The number of hydrogen-bond donors (Lipinski definition) is 0. The molecular formula is C13H26Cl3O4P. The maximum atomic E-state index is 12.6. The quantitative estimate of drug-likeness (QED) is 0.213. The molecule has 0 amide bonds. The SMILES string of the molecule is CCCCOP(=O)(OCCCC)OC(Cl)(Cl)C(Cl)CCC. The predicted octanol–water partition coefficient (Wildman–Crippen LogP) is 6.28. The first-order valence-corrected chi connectivity index (χ1v) is 10.1. The lowest BCUT2D eigenvalue weighted by Gasteiger charge is -2.28. The van der Waals surface area contributed by atoms with Crippen molar-refractivity contribution in [3.8, 4) is 0 Å². The van der Waals surface area contributed by atoms with Gasteiger partial charge in [-0.25, -0.2) is 9.09 Å². The standard InChI is InChI=1S/C13H26Cl3O4P/c1-4-7-10-18-21(17,19-11-8-5-2)20-13(15,16)12(14)9-6-3/h12H,4-11H2,1-3H3. The monoisotopic (exact) mass is 382 g/mol. The van der Waals surface area contributed by atoms with Gasteiger partial charge in [-0.05, 0) is 19.3 Å². The molecular weight excluding hydrogens is 357 g/mol. The van der Waals surface area contributed by atoms with Crippen molar-refractivity contribution in [2.45, 2.75) is 69.2 Å². The van der Waals surface area contributed by atoms with Gasteiger partial charge in [0.15, 0.2) is 0 Å². The lowest BCUT2D eigenvalue weighted by atomic mass is 10.2. The van der Waals surface area contributed by atoms with Crippen LogP contribution in [0.3, 0.4) is 0 Å². The molecule has 4 nitrogen and oxygen atoms in total. The van der Waals surface area contributed by atoms with E-state index in [9.17, 15) is 4.57 Å². The van der Waals surface area contributed by atoms with E-state index in [0.717, 1.165) is 32.1 Å². The molecule has 0 rings (SSSR count). The molecule has 128 valence electrons. The van der Waals surface area contributed by atoms with Gasteiger partial charge in [0.05, 0.1) is 18.6 Å². The summed E-state index contributed by atoms with van der Waals surface area (Å²) in [6, 6.07) is 0. The zero-order valence-corrected chi connectivity index (χ0v) is 16.1. The van der Waals surface area contributed by atoms with E-state index >= 15 is 0 Å². The second-order valence-electron chi connectivity index (χ2n) is 4.73. The van der Waals surface area contributed by atoms with Crippen molar-refractivity contribution in [2.24, 2.45) is 0 Å². The molecule has 21 heavy (non-hydrogen) atoms. The Bertz CT molecular complexity index is 302. The highest BCUT2D eigenvalue weighted by atomic mass is 35.5. The summed E-state index contributed by atoms with van der Waals surface area (Å²) in [5.41, 5.74) is 0. The number of alkyl halides is 3. The third-order valence-corrected chi connectivity index (χ3v) is 5.79. The van der Waals surface area contributed by atoms with Crippen molar-refractivity contribution in [1.82, 2.24) is 0 Å². The molecule has 0 aromatic rings. The number of rotatable bonds is 13. The molecule has 0 spiro atoms. The van der Waals surface area contributed by atoms with Gasteiger partial charge in [0, 0.05) is 0 Å². The van der Waals surface area contributed by atoms with Crippen LogP contribution in [0.2, 0.25) is 0 Å². The fourth-order valence-electron chi connectivity index (χ4n) is 1.36. The third kappa shape index (κ3) is 9.65. The Morgan fingerprint density at radius 2 is 1.48 bits per heavy atom. The second-order valence-corrected chi connectivity index (χ2v) is 8.17. The van der Waals surface area contributed by atoms with E-state index in [-0.39, 0.29) is 13.2 Å².